The highest BCUT2D eigenvalue weighted by atomic mass is 16.5. The number of anilines is 3. The van der Waals surface area contributed by atoms with Crippen LogP contribution < -0.4 is 20.1 Å². The molecule has 1 heterocycles. The number of methoxy groups -OCH3 is 2. The van der Waals surface area contributed by atoms with E-state index in [4.69, 9.17) is 9.47 Å². The predicted molar refractivity (Wildman–Crippen MR) is 106 cm³/mol. The van der Waals surface area contributed by atoms with E-state index in [0.29, 0.717) is 17.2 Å². The lowest BCUT2D eigenvalue weighted by molar-refractivity contribution is 0.102. The number of aryl methyl sites for hydroxylation is 1. The van der Waals surface area contributed by atoms with Gasteiger partial charge in [0.15, 0.2) is 0 Å². The quantitative estimate of drug-likeness (QED) is 0.679. The van der Waals surface area contributed by atoms with Crippen molar-refractivity contribution in [3.05, 3.63) is 72.1 Å². The molecule has 0 bridgehead atoms. The fraction of sp³-hybridized carbons (Fsp3) is 0.143. The van der Waals surface area contributed by atoms with Crippen molar-refractivity contribution < 1.29 is 14.3 Å². The van der Waals surface area contributed by atoms with Gasteiger partial charge in [0.05, 0.1) is 19.9 Å². The van der Waals surface area contributed by atoms with Crippen LogP contribution >= 0.6 is 0 Å². The maximum absolute atomic E-state index is 12.6. The van der Waals surface area contributed by atoms with Crippen molar-refractivity contribution in [1.82, 2.24) is 4.98 Å². The second-order valence-corrected chi connectivity index (χ2v) is 5.94. The van der Waals surface area contributed by atoms with E-state index in [1.807, 2.05) is 37.3 Å². The number of carbonyl (C=O) groups is 1. The van der Waals surface area contributed by atoms with Gasteiger partial charge in [-0.25, -0.2) is 0 Å². The Morgan fingerprint density at radius 3 is 2.41 bits per heavy atom. The molecule has 138 valence electrons. The van der Waals surface area contributed by atoms with Crippen LogP contribution in [0.15, 0.2) is 60.8 Å². The number of hydrogen-bond donors (Lipinski definition) is 2. The highest BCUT2D eigenvalue weighted by Crippen LogP contribution is 2.29. The van der Waals surface area contributed by atoms with E-state index in [2.05, 4.69) is 15.6 Å². The Labute approximate surface area is 158 Å². The van der Waals surface area contributed by atoms with Gasteiger partial charge in [-0.1, -0.05) is 17.7 Å². The SMILES string of the molecule is COc1ccc(OC)c(NC(=O)c2cc(Nc3ccc(C)cc3)ccn2)c1. The molecule has 3 aromatic rings. The van der Waals surface area contributed by atoms with Gasteiger partial charge in [-0.2, -0.15) is 0 Å². The van der Waals surface area contributed by atoms with E-state index >= 15 is 0 Å². The number of nitrogens with zero attached hydrogens (tertiary/aromatic N) is 1. The lowest BCUT2D eigenvalue weighted by Gasteiger charge is -2.12. The number of carbonyl (C=O) groups excluding carboxylic acids is 1. The number of benzene rings is 2. The van der Waals surface area contributed by atoms with Gasteiger partial charge in [0.2, 0.25) is 0 Å². The fourth-order valence-corrected chi connectivity index (χ4v) is 2.53. The monoisotopic (exact) mass is 363 g/mol. The van der Waals surface area contributed by atoms with Crippen LogP contribution in [0.1, 0.15) is 16.1 Å². The lowest BCUT2D eigenvalue weighted by atomic mass is 10.2. The third kappa shape index (κ3) is 4.55. The minimum absolute atomic E-state index is 0.289. The molecule has 0 spiro atoms. The van der Waals surface area contributed by atoms with Crippen molar-refractivity contribution in [3.63, 3.8) is 0 Å². The van der Waals surface area contributed by atoms with E-state index in [0.717, 1.165) is 11.4 Å². The van der Waals surface area contributed by atoms with Crippen LogP contribution in [0.2, 0.25) is 0 Å². The molecular formula is C21H21N3O3. The van der Waals surface area contributed by atoms with E-state index in [9.17, 15) is 4.79 Å². The molecule has 0 saturated heterocycles. The summed E-state index contributed by atoms with van der Waals surface area (Å²) in [4.78, 5) is 16.8. The van der Waals surface area contributed by atoms with Crippen LogP contribution in [-0.2, 0) is 0 Å². The topological polar surface area (TPSA) is 72.5 Å². The van der Waals surface area contributed by atoms with Gasteiger partial charge in [-0.15, -0.1) is 0 Å². The van der Waals surface area contributed by atoms with E-state index in [1.54, 1.807) is 44.7 Å². The Balaban J connectivity index is 1.78. The predicted octanol–water partition coefficient (Wildman–Crippen LogP) is 4.40. The first-order chi connectivity index (χ1) is 13.1. The van der Waals surface area contributed by atoms with Gasteiger partial charge < -0.3 is 20.1 Å². The molecular weight excluding hydrogens is 342 g/mol. The molecule has 0 unspecified atom stereocenters. The summed E-state index contributed by atoms with van der Waals surface area (Å²) >= 11 is 0. The number of amides is 1. The molecule has 6 nitrogen and oxygen atoms in total. The number of ether oxygens (including phenoxy) is 2. The van der Waals surface area contributed by atoms with Crippen LogP contribution in [0.5, 0.6) is 11.5 Å². The van der Waals surface area contributed by atoms with Crippen molar-refractivity contribution in [2.24, 2.45) is 0 Å². The van der Waals surface area contributed by atoms with Crippen LogP contribution in [-0.4, -0.2) is 25.1 Å². The summed E-state index contributed by atoms with van der Waals surface area (Å²) in [6.07, 6.45) is 1.59. The summed E-state index contributed by atoms with van der Waals surface area (Å²) in [5.41, 5.74) is 3.70. The molecule has 0 aliphatic carbocycles. The molecule has 3 rings (SSSR count). The Morgan fingerprint density at radius 2 is 1.70 bits per heavy atom. The minimum atomic E-state index is -0.339. The van der Waals surface area contributed by atoms with E-state index in [1.165, 1.54) is 5.56 Å². The highest BCUT2D eigenvalue weighted by Gasteiger charge is 2.13. The number of rotatable bonds is 6. The molecule has 0 radical (unpaired) electrons. The molecule has 0 aliphatic heterocycles. The van der Waals surface area contributed by atoms with Crippen LogP contribution in [0, 0.1) is 6.92 Å². The highest BCUT2D eigenvalue weighted by molar-refractivity contribution is 6.04. The molecule has 0 fully saturated rings. The molecule has 27 heavy (non-hydrogen) atoms. The van der Waals surface area contributed by atoms with Gasteiger partial charge >= 0.3 is 0 Å². The Kier molecular flexibility index (Phi) is 5.56. The summed E-state index contributed by atoms with van der Waals surface area (Å²) in [5, 5.41) is 6.08. The average Bonchev–Trinajstić information content (AvgIpc) is 2.70. The second-order valence-electron chi connectivity index (χ2n) is 5.94. The Hall–Kier alpha value is -3.54. The maximum Gasteiger partial charge on any atom is 0.274 e. The van der Waals surface area contributed by atoms with Gasteiger partial charge in [-0.05, 0) is 43.3 Å². The van der Waals surface area contributed by atoms with Gasteiger partial charge in [0.1, 0.15) is 17.2 Å². The maximum atomic E-state index is 12.6. The molecule has 0 atom stereocenters. The summed E-state index contributed by atoms with van der Waals surface area (Å²) < 4.78 is 10.5. The molecule has 1 aromatic heterocycles. The summed E-state index contributed by atoms with van der Waals surface area (Å²) in [6, 6.07) is 16.7. The molecule has 0 saturated carbocycles. The lowest BCUT2D eigenvalue weighted by Crippen LogP contribution is -2.14. The third-order valence-electron chi connectivity index (χ3n) is 3.99. The third-order valence-corrected chi connectivity index (χ3v) is 3.99. The van der Waals surface area contributed by atoms with Crippen LogP contribution in [0.4, 0.5) is 17.1 Å². The van der Waals surface area contributed by atoms with E-state index < -0.39 is 0 Å². The van der Waals surface area contributed by atoms with Crippen molar-refractivity contribution in [2.75, 3.05) is 24.9 Å². The van der Waals surface area contributed by atoms with E-state index in [-0.39, 0.29) is 11.6 Å². The van der Waals surface area contributed by atoms with Crippen LogP contribution in [0.25, 0.3) is 0 Å². The average molecular weight is 363 g/mol. The zero-order valence-corrected chi connectivity index (χ0v) is 15.4. The zero-order chi connectivity index (χ0) is 19.2. The van der Waals surface area contributed by atoms with Gasteiger partial charge in [-0.3, -0.25) is 9.78 Å². The molecule has 1 amide bonds. The summed E-state index contributed by atoms with van der Waals surface area (Å²) in [5.74, 6) is 0.820. The van der Waals surface area contributed by atoms with Crippen LogP contribution in [0.3, 0.4) is 0 Å². The molecule has 2 aromatic carbocycles. The van der Waals surface area contributed by atoms with Crippen molar-refractivity contribution in [3.8, 4) is 11.5 Å². The normalized spacial score (nSPS) is 10.2. The first-order valence-electron chi connectivity index (χ1n) is 8.42. The van der Waals surface area contributed by atoms with Gasteiger partial charge in [0.25, 0.3) is 5.91 Å². The second kappa shape index (κ2) is 8.23. The van der Waals surface area contributed by atoms with Crippen molar-refractivity contribution in [2.45, 2.75) is 6.92 Å². The first kappa shape index (κ1) is 18.3. The number of hydrogen-bond acceptors (Lipinski definition) is 5. The number of nitrogens with one attached hydrogen (secondary N) is 2. The summed E-state index contributed by atoms with van der Waals surface area (Å²) in [6.45, 7) is 2.03. The smallest absolute Gasteiger partial charge is 0.274 e. The molecule has 0 aliphatic rings. The Morgan fingerprint density at radius 1 is 0.926 bits per heavy atom. The first-order valence-corrected chi connectivity index (χ1v) is 8.42. The molecule has 6 heteroatoms. The van der Waals surface area contributed by atoms with Gasteiger partial charge in [0, 0.05) is 23.6 Å². The van der Waals surface area contributed by atoms with Crippen molar-refractivity contribution >= 4 is 23.0 Å². The number of aromatic nitrogens is 1. The largest absolute Gasteiger partial charge is 0.497 e. The standard InChI is InChI=1S/C21H21N3O3/c1-14-4-6-15(7-5-14)23-16-10-11-22-19(12-16)21(25)24-18-13-17(26-2)8-9-20(18)27-3/h4-13H,1-3H3,(H,22,23)(H,24,25). The zero-order valence-electron chi connectivity index (χ0n) is 15.4. The minimum Gasteiger partial charge on any atom is -0.497 e. The molecule has 2 N–H and O–H groups in total. The van der Waals surface area contributed by atoms with Crippen molar-refractivity contribution in [1.29, 1.82) is 0 Å². The number of pyridine rings is 1. The Bertz CT molecular complexity index is 940. The summed E-state index contributed by atoms with van der Waals surface area (Å²) in [7, 11) is 3.11. The fourth-order valence-electron chi connectivity index (χ4n) is 2.53.